The van der Waals surface area contributed by atoms with Crippen molar-refractivity contribution >= 4 is 23.4 Å². The van der Waals surface area contributed by atoms with Gasteiger partial charge in [0.1, 0.15) is 0 Å². The van der Waals surface area contributed by atoms with Crippen LogP contribution in [0.2, 0.25) is 0 Å². The lowest BCUT2D eigenvalue weighted by Crippen LogP contribution is -2.12. The minimum absolute atomic E-state index is 0.239. The van der Waals surface area contributed by atoms with Gasteiger partial charge in [-0.2, -0.15) is 4.98 Å². The van der Waals surface area contributed by atoms with Gasteiger partial charge in [-0.1, -0.05) is 65.7 Å². The van der Waals surface area contributed by atoms with Crippen molar-refractivity contribution < 1.29 is 9.21 Å². The minimum Gasteiger partial charge on any atom is -0.421 e. The van der Waals surface area contributed by atoms with Gasteiger partial charge in [0.25, 0.3) is 5.91 Å². The van der Waals surface area contributed by atoms with E-state index < -0.39 is 0 Å². The Morgan fingerprint density at radius 2 is 1.45 bits per heavy atom. The number of hydrogen-bond donors (Lipinski definition) is 2. The van der Waals surface area contributed by atoms with Crippen molar-refractivity contribution in [3.05, 3.63) is 95.6 Å². The number of nitrogens with one attached hydrogen (secondary N) is 2. The highest BCUT2D eigenvalue weighted by atomic mass is 16.4. The third-order valence-electron chi connectivity index (χ3n) is 4.51. The average molecular weight is 383 g/mol. The van der Waals surface area contributed by atoms with Gasteiger partial charge < -0.3 is 15.1 Å². The topological polar surface area (TPSA) is 67.2 Å². The van der Waals surface area contributed by atoms with Gasteiger partial charge in [-0.15, -0.1) is 0 Å². The molecular weight excluding hydrogens is 362 g/mol. The molecule has 0 atom stereocenters. The normalized spacial score (nSPS) is 10.6. The first-order chi connectivity index (χ1) is 14.1. The van der Waals surface area contributed by atoms with Crippen LogP contribution in [0.1, 0.15) is 21.5 Å². The number of carbonyl (C=O) groups is 1. The number of hydrogen-bond acceptors (Lipinski definition) is 4. The van der Waals surface area contributed by atoms with E-state index in [0.717, 1.165) is 16.8 Å². The SMILES string of the molecule is Cc1ccc(Nc2nc(NC(=O)c3ccc(C)cc3)c(-c3ccccc3)o2)cc1. The fourth-order valence-corrected chi connectivity index (χ4v) is 2.89. The van der Waals surface area contributed by atoms with E-state index in [1.807, 2.05) is 80.6 Å². The molecular formula is C24H21N3O2. The first-order valence-corrected chi connectivity index (χ1v) is 9.36. The van der Waals surface area contributed by atoms with Crippen LogP contribution >= 0.6 is 0 Å². The van der Waals surface area contributed by atoms with Gasteiger partial charge in [-0.25, -0.2) is 0 Å². The van der Waals surface area contributed by atoms with Crippen molar-refractivity contribution in [3.63, 3.8) is 0 Å². The fraction of sp³-hybridized carbons (Fsp3) is 0.0833. The van der Waals surface area contributed by atoms with E-state index in [1.54, 1.807) is 12.1 Å². The maximum Gasteiger partial charge on any atom is 0.301 e. The number of rotatable bonds is 5. The van der Waals surface area contributed by atoms with Gasteiger partial charge in [0.2, 0.25) is 0 Å². The van der Waals surface area contributed by atoms with E-state index in [0.29, 0.717) is 23.2 Å². The predicted molar refractivity (Wildman–Crippen MR) is 116 cm³/mol. The van der Waals surface area contributed by atoms with Crippen LogP contribution in [0.15, 0.2) is 83.3 Å². The molecule has 0 aliphatic carbocycles. The number of nitrogens with zero attached hydrogens (tertiary/aromatic N) is 1. The molecule has 4 rings (SSSR count). The Morgan fingerprint density at radius 1 is 0.828 bits per heavy atom. The third kappa shape index (κ3) is 4.35. The van der Waals surface area contributed by atoms with Crippen LogP contribution in [0.3, 0.4) is 0 Å². The Kier molecular flexibility index (Phi) is 5.12. The van der Waals surface area contributed by atoms with Crippen LogP contribution < -0.4 is 10.6 Å². The maximum atomic E-state index is 12.7. The zero-order valence-corrected chi connectivity index (χ0v) is 16.3. The van der Waals surface area contributed by atoms with Crippen LogP contribution in [0.25, 0.3) is 11.3 Å². The molecule has 0 fully saturated rings. The molecule has 29 heavy (non-hydrogen) atoms. The molecule has 5 heteroatoms. The lowest BCUT2D eigenvalue weighted by molar-refractivity contribution is 0.102. The first-order valence-electron chi connectivity index (χ1n) is 9.36. The number of anilines is 3. The van der Waals surface area contributed by atoms with Crippen LogP contribution in [0, 0.1) is 13.8 Å². The zero-order chi connectivity index (χ0) is 20.2. The second-order valence-corrected chi connectivity index (χ2v) is 6.87. The van der Waals surface area contributed by atoms with Crippen LogP contribution in [0.4, 0.5) is 17.5 Å². The van der Waals surface area contributed by atoms with Crippen molar-refractivity contribution in [2.45, 2.75) is 13.8 Å². The maximum absolute atomic E-state index is 12.7. The number of aromatic nitrogens is 1. The van der Waals surface area contributed by atoms with Gasteiger partial charge >= 0.3 is 6.01 Å². The predicted octanol–water partition coefficient (Wildman–Crippen LogP) is 5.95. The van der Waals surface area contributed by atoms with E-state index in [9.17, 15) is 4.79 Å². The Morgan fingerprint density at radius 3 is 2.10 bits per heavy atom. The van der Waals surface area contributed by atoms with E-state index in [-0.39, 0.29) is 5.91 Å². The van der Waals surface area contributed by atoms with E-state index in [1.165, 1.54) is 5.56 Å². The van der Waals surface area contributed by atoms with Crippen LogP contribution in [-0.2, 0) is 0 Å². The summed E-state index contributed by atoms with van der Waals surface area (Å²) >= 11 is 0. The molecule has 1 aromatic heterocycles. The quantitative estimate of drug-likeness (QED) is 0.446. The molecule has 0 saturated carbocycles. The van der Waals surface area contributed by atoms with E-state index in [4.69, 9.17) is 4.42 Å². The molecule has 0 bridgehead atoms. The van der Waals surface area contributed by atoms with Crippen molar-refractivity contribution in [1.29, 1.82) is 0 Å². The smallest absolute Gasteiger partial charge is 0.301 e. The number of oxazole rings is 1. The van der Waals surface area contributed by atoms with Gasteiger partial charge in [0.15, 0.2) is 11.6 Å². The Labute approximate surface area is 169 Å². The Bertz CT molecular complexity index is 1120. The molecule has 5 nitrogen and oxygen atoms in total. The van der Waals surface area contributed by atoms with Crippen molar-refractivity contribution in [2.24, 2.45) is 0 Å². The lowest BCUT2D eigenvalue weighted by Gasteiger charge is -2.04. The number of benzene rings is 3. The molecule has 144 valence electrons. The van der Waals surface area contributed by atoms with Gasteiger partial charge in [0, 0.05) is 16.8 Å². The summed E-state index contributed by atoms with van der Waals surface area (Å²) in [6.07, 6.45) is 0. The summed E-state index contributed by atoms with van der Waals surface area (Å²) in [6.45, 7) is 4.01. The summed E-state index contributed by atoms with van der Waals surface area (Å²) in [6, 6.07) is 25.2. The summed E-state index contributed by atoms with van der Waals surface area (Å²) in [5, 5.41) is 6.03. The molecule has 1 heterocycles. The molecule has 0 aliphatic rings. The van der Waals surface area contributed by atoms with Gasteiger partial charge in [-0.05, 0) is 38.1 Å². The van der Waals surface area contributed by atoms with Crippen molar-refractivity contribution in [2.75, 3.05) is 10.6 Å². The standard InChI is InChI=1S/C24H21N3O2/c1-16-8-12-19(13-9-16)23(28)26-22-21(18-6-4-3-5-7-18)29-24(27-22)25-20-14-10-17(2)11-15-20/h3-15H,1-2H3,(H,25,27)(H,26,28). The highest BCUT2D eigenvalue weighted by Gasteiger charge is 2.18. The number of amides is 1. The zero-order valence-electron chi connectivity index (χ0n) is 16.3. The highest BCUT2D eigenvalue weighted by Crippen LogP contribution is 2.32. The third-order valence-corrected chi connectivity index (χ3v) is 4.51. The number of aryl methyl sites for hydroxylation is 2. The minimum atomic E-state index is -0.239. The van der Waals surface area contributed by atoms with Crippen LogP contribution in [-0.4, -0.2) is 10.9 Å². The molecule has 0 radical (unpaired) electrons. The monoisotopic (exact) mass is 383 g/mol. The molecule has 1 amide bonds. The Balaban J connectivity index is 1.65. The molecule has 2 N–H and O–H groups in total. The molecule has 0 saturated heterocycles. The lowest BCUT2D eigenvalue weighted by atomic mass is 10.1. The molecule has 4 aromatic rings. The summed E-state index contributed by atoms with van der Waals surface area (Å²) < 4.78 is 5.95. The second-order valence-electron chi connectivity index (χ2n) is 6.87. The first kappa shape index (κ1) is 18.5. The summed E-state index contributed by atoms with van der Waals surface area (Å²) in [5.41, 5.74) is 4.51. The van der Waals surface area contributed by atoms with Crippen molar-refractivity contribution in [3.8, 4) is 11.3 Å². The molecule has 0 spiro atoms. The summed E-state index contributed by atoms with van der Waals surface area (Å²) in [7, 11) is 0. The highest BCUT2D eigenvalue weighted by molar-refractivity contribution is 6.05. The average Bonchev–Trinajstić information content (AvgIpc) is 3.13. The fourth-order valence-electron chi connectivity index (χ4n) is 2.89. The molecule has 3 aromatic carbocycles. The molecule has 0 aliphatic heterocycles. The van der Waals surface area contributed by atoms with Gasteiger partial charge in [-0.3, -0.25) is 4.79 Å². The van der Waals surface area contributed by atoms with E-state index >= 15 is 0 Å². The summed E-state index contributed by atoms with van der Waals surface area (Å²) in [5.74, 6) is 0.634. The molecule has 0 unspecified atom stereocenters. The van der Waals surface area contributed by atoms with Crippen LogP contribution in [0.5, 0.6) is 0 Å². The summed E-state index contributed by atoms with van der Waals surface area (Å²) in [4.78, 5) is 17.2. The van der Waals surface area contributed by atoms with Gasteiger partial charge in [0.05, 0.1) is 0 Å². The van der Waals surface area contributed by atoms with E-state index in [2.05, 4.69) is 15.6 Å². The number of carbonyl (C=O) groups excluding carboxylic acids is 1. The Hall–Kier alpha value is -3.86. The second kappa shape index (κ2) is 8.02. The van der Waals surface area contributed by atoms with Crippen molar-refractivity contribution in [1.82, 2.24) is 4.98 Å². The largest absolute Gasteiger partial charge is 0.421 e.